The highest BCUT2D eigenvalue weighted by molar-refractivity contribution is 7.13. The van der Waals surface area contributed by atoms with E-state index in [-0.39, 0.29) is 17.5 Å². The van der Waals surface area contributed by atoms with Gasteiger partial charge in [0.05, 0.1) is 12.2 Å². The lowest BCUT2D eigenvalue weighted by molar-refractivity contribution is 0.0701. The molecule has 0 aliphatic carbocycles. The van der Waals surface area contributed by atoms with Crippen LogP contribution in [0.4, 0.5) is 4.79 Å². The van der Waals surface area contributed by atoms with Crippen LogP contribution in [0.5, 0.6) is 0 Å². The van der Waals surface area contributed by atoms with Crippen molar-refractivity contribution in [3.8, 4) is 0 Å². The fourth-order valence-electron chi connectivity index (χ4n) is 2.11. The van der Waals surface area contributed by atoms with E-state index in [9.17, 15) is 9.59 Å². The van der Waals surface area contributed by atoms with E-state index in [1.807, 2.05) is 0 Å². The molecule has 2 N–H and O–H groups in total. The number of aromatic nitrogens is 1. The number of rotatable bonds is 3. The molecule has 2 rings (SSSR count). The SMILES string of the molecule is Cc1nc(CNC(=O)N2CCC(C)C2)sc1C(=O)O. The monoisotopic (exact) mass is 283 g/mol. The number of carboxylic acids is 1. The number of nitrogens with one attached hydrogen (secondary N) is 1. The number of likely N-dealkylation sites (tertiary alicyclic amines) is 1. The summed E-state index contributed by atoms with van der Waals surface area (Å²) in [5, 5.41) is 12.3. The van der Waals surface area contributed by atoms with Gasteiger partial charge in [0.15, 0.2) is 0 Å². The third-order valence-electron chi connectivity index (χ3n) is 3.14. The summed E-state index contributed by atoms with van der Waals surface area (Å²) >= 11 is 1.11. The van der Waals surface area contributed by atoms with Crippen molar-refractivity contribution in [2.24, 2.45) is 5.92 Å². The zero-order chi connectivity index (χ0) is 14.0. The molecule has 2 heterocycles. The highest BCUT2D eigenvalue weighted by Gasteiger charge is 2.23. The van der Waals surface area contributed by atoms with Gasteiger partial charge in [0.25, 0.3) is 0 Å². The first-order valence-electron chi connectivity index (χ1n) is 6.19. The fraction of sp³-hybridized carbons (Fsp3) is 0.583. The van der Waals surface area contributed by atoms with E-state index in [0.29, 0.717) is 16.6 Å². The third-order valence-corrected chi connectivity index (χ3v) is 4.28. The lowest BCUT2D eigenvalue weighted by atomic mass is 10.2. The van der Waals surface area contributed by atoms with Crippen molar-refractivity contribution in [1.29, 1.82) is 0 Å². The molecule has 0 saturated carbocycles. The van der Waals surface area contributed by atoms with Gasteiger partial charge in [-0.1, -0.05) is 6.92 Å². The molecule has 0 radical (unpaired) electrons. The van der Waals surface area contributed by atoms with E-state index in [0.717, 1.165) is 30.8 Å². The zero-order valence-corrected chi connectivity index (χ0v) is 11.8. The van der Waals surface area contributed by atoms with E-state index in [4.69, 9.17) is 5.11 Å². The van der Waals surface area contributed by atoms with Crippen molar-refractivity contribution < 1.29 is 14.7 Å². The zero-order valence-electron chi connectivity index (χ0n) is 11.0. The number of urea groups is 1. The number of carbonyl (C=O) groups excluding carboxylic acids is 1. The topological polar surface area (TPSA) is 82.5 Å². The van der Waals surface area contributed by atoms with E-state index < -0.39 is 5.97 Å². The fourth-order valence-corrected chi connectivity index (χ4v) is 2.95. The summed E-state index contributed by atoms with van der Waals surface area (Å²) in [6.45, 7) is 5.62. The van der Waals surface area contributed by atoms with Crippen LogP contribution in [0, 0.1) is 12.8 Å². The number of nitrogens with zero attached hydrogens (tertiary/aromatic N) is 2. The van der Waals surface area contributed by atoms with E-state index in [2.05, 4.69) is 17.2 Å². The molecule has 1 atom stereocenters. The quantitative estimate of drug-likeness (QED) is 0.884. The maximum Gasteiger partial charge on any atom is 0.347 e. The average Bonchev–Trinajstić information content (AvgIpc) is 2.92. The third kappa shape index (κ3) is 3.23. The lowest BCUT2D eigenvalue weighted by Gasteiger charge is -2.16. The molecule has 0 spiro atoms. The van der Waals surface area contributed by atoms with E-state index >= 15 is 0 Å². The maximum atomic E-state index is 11.9. The molecule has 1 aromatic rings. The Labute approximate surface area is 115 Å². The van der Waals surface area contributed by atoms with Crippen molar-refractivity contribution in [3.05, 3.63) is 15.6 Å². The Hall–Kier alpha value is -1.63. The van der Waals surface area contributed by atoms with Gasteiger partial charge in [0, 0.05) is 13.1 Å². The minimum Gasteiger partial charge on any atom is -0.477 e. The Kier molecular flexibility index (Phi) is 4.04. The Balaban J connectivity index is 1.90. The van der Waals surface area contributed by atoms with Crippen LogP contribution in [0.15, 0.2) is 0 Å². The number of hydrogen-bond donors (Lipinski definition) is 2. The number of amides is 2. The van der Waals surface area contributed by atoms with Crippen LogP contribution in [0.3, 0.4) is 0 Å². The number of thiazole rings is 1. The standard InChI is InChI=1S/C12H17N3O3S/c1-7-3-4-15(6-7)12(18)13-5-9-14-8(2)10(19-9)11(16)17/h7H,3-6H2,1-2H3,(H,13,18)(H,16,17). The van der Waals surface area contributed by atoms with Crippen molar-refractivity contribution in [3.63, 3.8) is 0 Å². The number of carboxylic acid groups (broad SMARTS) is 1. The summed E-state index contributed by atoms with van der Waals surface area (Å²) in [6.07, 6.45) is 1.03. The van der Waals surface area contributed by atoms with Gasteiger partial charge in [0.2, 0.25) is 0 Å². The van der Waals surface area contributed by atoms with Gasteiger partial charge in [-0.3, -0.25) is 0 Å². The summed E-state index contributed by atoms with van der Waals surface area (Å²) < 4.78 is 0. The predicted octanol–water partition coefficient (Wildman–Crippen LogP) is 1.70. The summed E-state index contributed by atoms with van der Waals surface area (Å²) in [6, 6.07) is -0.103. The molecule has 0 bridgehead atoms. The van der Waals surface area contributed by atoms with Gasteiger partial charge in [0.1, 0.15) is 9.88 Å². The summed E-state index contributed by atoms with van der Waals surface area (Å²) in [5.41, 5.74) is 0.497. The predicted molar refractivity (Wildman–Crippen MR) is 71.4 cm³/mol. The van der Waals surface area contributed by atoms with Crippen LogP contribution in [0.2, 0.25) is 0 Å². The smallest absolute Gasteiger partial charge is 0.347 e. The van der Waals surface area contributed by atoms with Gasteiger partial charge in [-0.2, -0.15) is 0 Å². The molecule has 19 heavy (non-hydrogen) atoms. The molecule has 104 valence electrons. The van der Waals surface area contributed by atoms with Crippen molar-refractivity contribution in [1.82, 2.24) is 15.2 Å². The highest BCUT2D eigenvalue weighted by Crippen LogP contribution is 2.18. The molecular formula is C12H17N3O3S. The van der Waals surface area contributed by atoms with Crippen LogP contribution >= 0.6 is 11.3 Å². The van der Waals surface area contributed by atoms with Crippen LogP contribution in [0.25, 0.3) is 0 Å². The second-order valence-corrected chi connectivity index (χ2v) is 5.91. The van der Waals surface area contributed by atoms with Crippen LogP contribution < -0.4 is 5.32 Å². The highest BCUT2D eigenvalue weighted by atomic mass is 32.1. The molecule has 1 unspecified atom stereocenters. The molecule has 1 saturated heterocycles. The molecule has 0 aromatic carbocycles. The summed E-state index contributed by atoms with van der Waals surface area (Å²) in [5.74, 6) is -0.424. The summed E-state index contributed by atoms with van der Waals surface area (Å²) in [7, 11) is 0. The molecular weight excluding hydrogens is 266 g/mol. The molecule has 1 aromatic heterocycles. The second-order valence-electron chi connectivity index (χ2n) is 4.83. The molecule has 7 heteroatoms. The first-order valence-corrected chi connectivity index (χ1v) is 7.01. The van der Waals surface area contributed by atoms with Crippen LogP contribution in [-0.2, 0) is 6.54 Å². The largest absolute Gasteiger partial charge is 0.477 e. The first-order chi connectivity index (χ1) is 8.97. The van der Waals surface area contributed by atoms with Gasteiger partial charge < -0.3 is 15.3 Å². The Bertz CT molecular complexity index is 500. The Morgan fingerprint density at radius 2 is 2.32 bits per heavy atom. The molecule has 6 nitrogen and oxygen atoms in total. The summed E-state index contributed by atoms with van der Waals surface area (Å²) in [4.78, 5) is 28.9. The first kappa shape index (κ1) is 13.8. The van der Waals surface area contributed by atoms with Crippen molar-refractivity contribution in [2.75, 3.05) is 13.1 Å². The Morgan fingerprint density at radius 3 is 2.84 bits per heavy atom. The lowest BCUT2D eigenvalue weighted by Crippen LogP contribution is -2.37. The minimum absolute atomic E-state index is 0.103. The normalized spacial score (nSPS) is 18.6. The van der Waals surface area contributed by atoms with Crippen molar-refractivity contribution in [2.45, 2.75) is 26.8 Å². The van der Waals surface area contributed by atoms with Gasteiger partial charge in [-0.05, 0) is 19.3 Å². The van der Waals surface area contributed by atoms with Gasteiger partial charge in [-0.15, -0.1) is 11.3 Å². The average molecular weight is 283 g/mol. The number of hydrogen-bond acceptors (Lipinski definition) is 4. The van der Waals surface area contributed by atoms with Crippen LogP contribution in [-0.4, -0.2) is 40.1 Å². The number of aromatic carboxylic acids is 1. The van der Waals surface area contributed by atoms with Gasteiger partial charge >= 0.3 is 12.0 Å². The molecule has 1 aliphatic heterocycles. The molecule has 1 fully saturated rings. The maximum absolute atomic E-state index is 11.9. The van der Waals surface area contributed by atoms with Crippen LogP contribution in [0.1, 0.15) is 33.7 Å². The molecule has 1 aliphatic rings. The van der Waals surface area contributed by atoms with E-state index in [1.54, 1.807) is 11.8 Å². The number of carbonyl (C=O) groups is 2. The van der Waals surface area contributed by atoms with E-state index in [1.165, 1.54) is 0 Å². The van der Waals surface area contributed by atoms with Crippen molar-refractivity contribution >= 4 is 23.3 Å². The molecule has 2 amide bonds. The second kappa shape index (κ2) is 5.56. The minimum atomic E-state index is -0.971. The number of aryl methyl sites for hydroxylation is 1. The van der Waals surface area contributed by atoms with Gasteiger partial charge in [-0.25, -0.2) is 14.6 Å². The Morgan fingerprint density at radius 1 is 1.58 bits per heavy atom.